The summed E-state index contributed by atoms with van der Waals surface area (Å²) in [5, 5.41) is 2.89. The number of amides is 2. The minimum Gasteiger partial charge on any atom is -0.493 e. The van der Waals surface area contributed by atoms with Gasteiger partial charge in [0.05, 0.1) is 20.2 Å². The molecular weight excluding hydrogens is 396 g/mol. The first-order chi connectivity index (χ1) is 15.2. The minimum atomic E-state index is -0.626. The van der Waals surface area contributed by atoms with Crippen molar-refractivity contribution in [3.63, 3.8) is 0 Å². The molecule has 0 saturated heterocycles. The van der Waals surface area contributed by atoms with Crippen molar-refractivity contribution in [3.05, 3.63) is 78.4 Å². The summed E-state index contributed by atoms with van der Waals surface area (Å²) in [6.07, 6.45) is 5.20. The Hall–Kier alpha value is -3.81. The topological polar surface area (TPSA) is 85.7 Å². The summed E-state index contributed by atoms with van der Waals surface area (Å²) >= 11 is 0. The lowest BCUT2D eigenvalue weighted by atomic mass is 10.1. The van der Waals surface area contributed by atoms with Gasteiger partial charge in [-0.2, -0.15) is 0 Å². The molecule has 8 nitrogen and oxygen atoms in total. The summed E-state index contributed by atoms with van der Waals surface area (Å²) in [4.78, 5) is 31.8. The molecule has 160 valence electrons. The van der Waals surface area contributed by atoms with Crippen LogP contribution in [0.25, 0.3) is 0 Å². The van der Waals surface area contributed by atoms with Gasteiger partial charge < -0.3 is 24.3 Å². The number of para-hydroxylation sites is 2. The number of hydrogen-bond acceptors (Lipinski definition) is 5. The molecule has 0 bridgehead atoms. The Labute approximate surface area is 180 Å². The van der Waals surface area contributed by atoms with E-state index in [1.165, 1.54) is 0 Å². The third-order valence-corrected chi connectivity index (χ3v) is 5.16. The van der Waals surface area contributed by atoms with Gasteiger partial charge in [-0.1, -0.05) is 18.2 Å². The molecule has 1 aromatic carbocycles. The fourth-order valence-corrected chi connectivity index (χ4v) is 3.63. The zero-order valence-corrected chi connectivity index (χ0v) is 17.2. The van der Waals surface area contributed by atoms with Gasteiger partial charge >= 0.3 is 0 Å². The Morgan fingerprint density at radius 1 is 1.16 bits per heavy atom. The maximum absolute atomic E-state index is 13.0. The molecule has 1 aliphatic rings. The largest absolute Gasteiger partial charge is 0.493 e. The van der Waals surface area contributed by atoms with Gasteiger partial charge in [-0.25, -0.2) is 0 Å². The summed E-state index contributed by atoms with van der Waals surface area (Å²) in [5.41, 5.74) is 1.45. The van der Waals surface area contributed by atoms with E-state index in [4.69, 9.17) is 9.47 Å². The molecule has 1 unspecified atom stereocenters. The van der Waals surface area contributed by atoms with Crippen LogP contribution in [0.15, 0.2) is 67.1 Å². The summed E-state index contributed by atoms with van der Waals surface area (Å²) in [5.74, 6) is 0.850. The number of benzene rings is 1. The molecule has 1 aliphatic heterocycles. The second kappa shape index (κ2) is 9.34. The van der Waals surface area contributed by atoms with Crippen LogP contribution in [-0.2, 0) is 17.9 Å². The van der Waals surface area contributed by atoms with Gasteiger partial charge in [0, 0.05) is 25.1 Å². The number of methoxy groups -OCH3 is 1. The molecule has 0 spiro atoms. The molecule has 4 rings (SSSR count). The molecule has 1 atom stereocenters. The van der Waals surface area contributed by atoms with Crippen LogP contribution in [-0.4, -0.2) is 52.6 Å². The van der Waals surface area contributed by atoms with Crippen LogP contribution in [0.2, 0.25) is 0 Å². The molecule has 1 N–H and O–H groups in total. The monoisotopic (exact) mass is 420 g/mol. The Kier molecular flexibility index (Phi) is 6.16. The van der Waals surface area contributed by atoms with Crippen LogP contribution >= 0.6 is 0 Å². The van der Waals surface area contributed by atoms with Crippen LogP contribution < -0.4 is 14.8 Å². The molecule has 3 heterocycles. The maximum atomic E-state index is 13.0. The van der Waals surface area contributed by atoms with E-state index in [9.17, 15) is 9.59 Å². The smallest absolute Gasteiger partial charge is 0.271 e. The first kappa shape index (κ1) is 20.5. The average Bonchev–Trinajstić information content (AvgIpc) is 3.28. The van der Waals surface area contributed by atoms with Crippen LogP contribution in [0.1, 0.15) is 16.1 Å². The predicted octanol–water partition coefficient (Wildman–Crippen LogP) is 2.11. The van der Waals surface area contributed by atoms with Gasteiger partial charge in [-0.3, -0.25) is 14.6 Å². The van der Waals surface area contributed by atoms with E-state index in [-0.39, 0.29) is 18.4 Å². The van der Waals surface area contributed by atoms with Gasteiger partial charge in [-0.15, -0.1) is 0 Å². The van der Waals surface area contributed by atoms with E-state index < -0.39 is 6.04 Å². The van der Waals surface area contributed by atoms with Crippen molar-refractivity contribution < 1.29 is 19.1 Å². The second-order valence-electron chi connectivity index (χ2n) is 7.15. The summed E-state index contributed by atoms with van der Waals surface area (Å²) in [7, 11) is 1.58. The number of pyridine rings is 1. The Morgan fingerprint density at radius 3 is 2.77 bits per heavy atom. The highest BCUT2D eigenvalue weighted by molar-refractivity contribution is 5.97. The maximum Gasteiger partial charge on any atom is 0.271 e. The molecule has 0 aliphatic carbocycles. The molecule has 0 saturated carbocycles. The summed E-state index contributed by atoms with van der Waals surface area (Å²) < 4.78 is 12.8. The van der Waals surface area contributed by atoms with Crippen LogP contribution in [0.5, 0.6) is 11.5 Å². The highest BCUT2D eigenvalue weighted by Crippen LogP contribution is 2.25. The molecule has 2 aromatic heterocycles. The minimum absolute atomic E-state index is 0.175. The van der Waals surface area contributed by atoms with Crippen molar-refractivity contribution in [2.24, 2.45) is 0 Å². The zero-order valence-electron chi connectivity index (χ0n) is 17.2. The van der Waals surface area contributed by atoms with E-state index >= 15 is 0 Å². The fraction of sp³-hybridized carbons (Fsp3) is 0.261. The lowest BCUT2D eigenvalue weighted by molar-refractivity contribution is -0.126. The van der Waals surface area contributed by atoms with Crippen LogP contribution in [0.3, 0.4) is 0 Å². The van der Waals surface area contributed by atoms with E-state index in [1.807, 2.05) is 53.2 Å². The fourth-order valence-electron chi connectivity index (χ4n) is 3.63. The number of carbonyl (C=O) groups is 2. The normalized spacial score (nSPS) is 15.3. The number of nitrogens with zero attached hydrogens (tertiary/aromatic N) is 3. The number of ether oxygens (including phenoxy) is 2. The van der Waals surface area contributed by atoms with Gasteiger partial charge in [0.2, 0.25) is 5.91 Å². The lowest BCUT2D eigenvalue weighted by Crippen LogP contribution is -2.55. The molecule has 0 radical (unpaired) electrons. The van der Waals surface area contributed by atoms with Crippen LogP contribution in [0.4, 0.5) is 0 Å². The quantitative estimate of drug-likeness (QED) is 0.564. The standard InChI is InChI=1S/C23H24N4O4/c1-30-20-8-2-3-9-21(20)31-13-11-25-22(28)19-16-26-12-5-7-18(26)23(29)27(19)15-17-6-4-10-24-14-17/h2-10,12,14,19H,11,13,15-16H2,1H3,(H,25,28). The molecule has 2 amide bonds. The summed E-state index contributed by atoms with van der Waals surface area (Å²) in [6, 6.07) is 14.0. The van der Waals surface area contributed by atoms with Gasteiger partial charge in [0.25, 0.3) is 5.91 Å². The molecule has 3 aromatic rings. The van der Waals surface area contributed by atoms with Gasteiger partial charge in [-0.05, 0) is 35.9 Å². The highest BCUT2D eigenvalue weighted by Gasteiger charge is 2.36. The van der Waals surface area contributed by atoms with Crippen LogP contribution in [0, 0.1) is 0 Å². The SMILES string of the molecule is COc1ccccc1OCCNC(=O)C1Cn2cccc2C(=O)N1Cc1cccnc1. The molecular formula is C23H24N4O4. The Balaban J connectivity index is 1.41. The van der Waals surface area contributed by atoms with E-state index in [0.29, 0.717) is 36.8 Å². The predicted molar refractivity (Wildman–Crippen MR) is 114 cm³/mol. The number of fused-ring (bicyclic) bond motifs is 1. The Bertz CT molecular complexity index is 1050. The Morgan fingerprint density at radius 2 is 2.00 bits per heavy atom. The van der Waals surface area contributed by atoms with Crippen molar-refractivity contribution in [3.8, 4) is 11.5 Å². The first-order valence-corrected chi connectivity index (χ1v) is 10.1. The second-order valence-corrected chi connectivity index (χ2v) is 7.15. The number of rotatable bonds is 8. The van der Waals surface area contributed by atoms with E-state index in [1.54, 1.807) is 30.5 Å². The molecule has 0 fully saturated rings. The number of nitrogens with one attached hydrogen (secondary N) is 1. The van der Waals surface area contributed by atoms with Crippen molar-refractivity contribution in [2.75, 3.05) is 20.3 Å². The van der Waals surface area contributed by atoms with Crippen molar-refractivity contribution in [1.82, 2.24) is 19.8 Å². The van der Waals surface area contributed by atoms with E-state index in [0.717, 1.165) is 5.56 Å². The number of carbonyl (C=O) groups excluding carboxylic acids is 2. The van der Waals surface area contributed by atoms with Gasteiger partial charge in [0.15, 0.2) is 11.5 Å². The highest BCUT2D eigenvalue weighted by atomic mass is 16.5. The summed E-state index contributed by atoms with van der Waals surface area (Å²) in [6.45, 7) is 1.30. The van der Waals surface area contributed by atoms with E-state index in [2.05, 4.69) is 10.3 Å². The third kappa shape index (κ3) is 4.53. The third-order valence-electron chi connectivity index (χ3n) is 5.16. The van der Waals surface area contributed by atoms with Crippen molar-refractivity contribution in [2.45, 2.75) is 19.1 Å². The molecule has 8 heteroatoms. The first-order valence-electron chi connectivity index (χ1n) is 10.1. The lowest BCUT2D eigenvalue weighted by Gasteiger charge is -2.35. The number of hydrogen-bond donors (Lipinski definition) is 1. The number of aromatic nitrogens is 2. The van der Waals surface area contributed by atoms with Crippen molar-refractivity contribution in [1.29, 1.82) is 0 Å². The average molecular weight is 420 g/mol. The van der Waals surface area contributed by atoms with Crippen molar-refractivity contribution >= 4 is 11.8 Å². The molecule has 31 heavy (non-hydrogen) atoms. The van der Waals surface area contributed by atoms with Gasteiger partial charge in [0.1, 0.15) is 18.3 Å². The zero-order chi connectivity index (χ0) is 21.6.